The standard InChI is InChI=1S/C22H22N4O2/c1-2-21(28)26-11-13-7-8-15(17(13)12-26)18-9-14-10-19(24-25-22(14)23-18)16-5-3-4-6-20(16)27/h2-6,9-10,13,15,17,27H,1,7-8,11-12H2,(H,23,25)/t13-,15-,17+/m1/s1. The summed E-state index contributed by atoms with van der Waals surface area (Å²) in [5, 5.41) is 19.7. The van der Waals surface area contributed by atoms with Crippen molar-refractivity contribution >= 4 is 16.9 Å². The van der Waals surface area contributed by atoms with Crippen molar-refractivity contribution in [3.63, 3.8) is 0 Å². The van der Waals surface area contributed by atoms with Gasteiger partial charge in [0.05, 0.1) is 5.69 Å². The number of aromatic hydroxyl groups is 1. The summed E-state index contributed by atoms with van der Waals surface area (Å²) in [4.78, 5) is 17.4. The molecule has 1 aliphatic carbocycles. The lowest BCUT2D eigenvalue weighted by molar-refractivity contribution is -0.125. The summed E-state index contributed by atoms with van der Waals surface area (Å²) in [5.74, 6) is 1.66. The molecule has 2 N–H and O–H groups in total. The predicted octanol–water partition coefficient (Wildman–Crippen LogP) is 3.47. The van der Waals surface area contributed by atoms with Crippen LogP contribution < -0.4 is 0 Å². The second-order valence-electron chi connectivity index (χ2n) is 7.83. The third kappa shape index (κ3) is 2.68. The Bertz CT molecular complexity index is 1070. The molecule has 3 atom stereocenters. The third-order valence-electron chi connectivity index (χ3n) is 6.32. The highest BCUT2D eigenvalue weighted by molar-refractivity contribution is 5.87. The van der Waals surface area contributed by atoms with Crippen molar-refractivity contribution in [2.45, 2.75) is 18.8 Å². The number of H-pyrrole nitrogens is 1. The maximum absolute atomic E-state index is 12.0. The molecule has 0 unspecified atom stereocenters. The number of rotatable bonds is 3. The van der Waals surface area contributed by atoms with E-state index in [1.165, 1.54) is 11.8 Å². The molecule has 3 aromatic rings. The van der Waals surface area contributed by atoms with E-state index in [-0.39, 0.29) is 11.7 Å². The lowest BCUT2D eigenvalue weighted by Crippen LogP contribution is -2.28. The van der Waals surface area contributed by atoms with Crippen molar-refractivity contribution in [2.75, 3.05) is 13.1 Å². The van der Waals surface area contributed by atoms with E-state index in [0.717, 1.165) is 37.0 Å². The summed E-state index contributed by atoms with van der Waals surface area (Å²) in [6.07, 6.45) is 3.67. The van der Waals surface area contributed by atoms with E-state index in [4.69, 9.17) is 0 Å². The number of phenols is 1. The molecule has 0 radical (unpaired) electrons. The number of nitrogens with one attached hydrogen (secondary N) is 1. The van der Waals surface area contributed by atoms with Crippen LogP contribution in [0.5, 0.6) is 5.75 Å². The number of phenolic OH excluding ortho intramolecular Hbond substituents is 1. The van der Waals surface area contributed by atoms with Crippen LogP contribution in [0.25, 0.3) is 22.3 Å². The van der Waals surface area contributed by atoms with Crippen LogP contribution in [0.1, 0.15) is 24.5 Å². The summed E-state index contributed by atoms with van der Waals surface area (Å²) in [5.41, 5.74) is 3.26. The van der Waals surface area contributed by atoms with Crippen LogP contribution in [0.2, 0.25) is 0 Å². The number of nitrogens with zero attached hydrogens (tertiary/aromatic N) is 3. The molecule has 0 spiro atoms. The van der Waals surface area contributed by atoms with Crippen molar-refractivity contribution in [2.24, 2.45) is 11.8 Å². The van der Waals surface area contributed by atoms with Crippen molar-refractivity contribution in [3.8, 4) is 17.0 Å². The van der Waals surface area contributed by atoms with Crippen LogP contribution in [0.15, 0.2) is 49.1 Å². The van der Waals surface area contributed by atoms with Gasteiger partial charge in [0.25, 0.3) is 0 Å². The molecule has 6 nitrogen and oxygen atoms in total. The minimum atomic E-state index is 0.0305. The SMILES string of the molecule is C=CC(=O)N1C[C@H]2CC[C@@H](c3cc4cc(-c5ccccc5O)nnc4[nH]3)[C@H]2C1. The number of aromatic amines is 1. The van der Waals surface area contributed by atoms with Crippen molar-refractivity contribution in [3.05, 3.63) is 54.7 Å². The number of fused-ring (bicyclic) bond motifs is 2. The lowest BCUT2D eigenvalue weighted by atomic mass is 9.90. The number of para-hydroxylation sites is 1. The highest BCUT2D eigenvalue weighted by Crippen LogP contribution is 2.47. The number of aromatic nitrogens is 3. The molecule has 0 bridgehead atoms. The predicted molar refractivity (Wildman–Crippen MR) is 107 cm³/mol. The summed E-state index contributed by atoms with van der Waals surface area (Å²) in [7, 11) is 0. The maximum Gasteiger partial charge on any atom is 0.245 e. The van der Waals surface area contributed by atoms with E-state index >= 15 is 0 Å². The molecule has 1 amide bonds. The first-order valence-electron chi connectivity index (χ1n) is 9.70. The molecule has 1 saturated heterocycles. The number of carbonyl (C=O) groups is 1. The Labute approximate surface area is 162 Å². The smallest absolute Gasteiger partial charge is 0.245 e. The minimum absolute atomic E-state index is 0.0305. The van der Waals surface area contributed by atoms with Crippen LogP contribution in [-0.4, -0.2) is 44.2 Å². The molecule has 2 aromatic heterocycles. The highest BCUT2D eigenvalue weighted by atomic mass is 16.3. The number of hydrogen-bond acceptors (Lipinski definition) is 4. The van der Waals surface area contributed by atoms with Gasteiger partial charge in [0, 0.05) is 35.7 Å². The Morgan fingerprint density at radius 1 is 1.21 bits per heavy atom. The first-order chi connectivity index (χ1) is 13.6. The molecule has 1 aliphatic heterocycles. The number of benzene rings is 1. The second-order valence-corrected chi connectivity index (χ2v) is 7.83. The van der Waals surface area contributed by atoms with E-state index in [0.29, 0.717) is 29.0 Å². The average molecular weight is 374 g/mol. The normalized spacial score (nSPS) is 23.9. The van der Waals surface area contributed by atoms with Crippen LogP contribution in [0.3, 0.4) is 0 Å². The van der Waals surface area contributed by atoms with Crippen LogP contribution >= 0.6 is 0 Å². The average Bonchev–Trinajstić information content (AvgIpc) is 3.40. The van der Waals surface area contributed by atoms with Gasteiger partial charge >= 0.3 is 0 Å². The zero-order valence-electron chi connectivity index (χ0n) is 15.5. The van der Waals surface area contributed by atoms with Gasteiger partial charge in [0.15, 0.2) is 5.65 Å². The molecular weight excluding hydrogens is 352 g/mol. The molecule has 2 aliphatic rings. The van der Waals surface area contributed by atoms with E-state index in [9.17, 15) is 9.90 Å². The van der Waals surface area contributed by atoms with Gasteiger partial charge in [-0.05, 0) is 55.0 Å². The summed E-state index contributed by atoms with van der Waals surface area (Å²) < 4.78 is 0. The van der Waals surface area contributed by atoms with Crippen LogP contribution in [-0.2, 0) is 4.79 Å². The third-order valence-corrected chi connectivity index (χ3v) is 6.32. The Morgan fingerprint density at radius 2 is 2.07 bits per heavy atom. The summed E-state index contributed by atoms with van der Waals surface area (Å²) in [6.45, 7) is 5.25. The van der Waals surface area contributed by atoms with Gasteiger partial charge < -0.3 is 15.0 Å². The number of amides is 1. The fourth-order valence-corrected chi connectivity index (χ4v) is 4.94. The number of hydrogen-bond donors (Lipinski definition) is 2. The van der Waals surface area contributed by atoms with Gasteiger partial charge in [-0.2, -0.15) is 0 Å². The fourth-order valence-electron chi connectivity index (χ4n) is 4.94. The first kappa shape index (κ1) is 17.0. The molecule has 28 heavy (non-hydrogen) atoms. The van der Waals surface area contributed by atoms with Crippen molar-refractivity contribution in [1.82, 2.24) is 20.1 Å². The fraction of sp³-hybridized carbons (Fsp3) is 0.318. The summed E-state index contributed by atoms with van der Waals surface area (Å²) in [6, 6.07) is 11.3. The summed E-state index contributed by atoms with van der Waals surface area (Å²) >= 11 is 0. The van der Waals surface area contributed by atoms with Gasteiger partial charge in [0.2, 0.25) is 5.91 Å². The van der Waals surface area contributed by atoms with E-state index in [1.54, 1.807) is 12.1 Å². The Kier molecular flexibility index (Phi) is 3.93. The monoisotopic (exact) mass is 374 g/mol. The molecule has 6 heteroatoms. The quantitative estimate of drug-likeness (QED) is 0.688. The van der Waals surface area contributed by atoms with Gasteiger partial charge in [-0.15, -0.1) is 10.2 Å². The van der Waals surface area contributed by atoms with Crippen LogP contribution in [0.4, 0.5) is 0 Å². The van der Waals surface area contributed by atoms with Crippen molar-refractivity contribution in [1.29, 1.82) is 0 Å². The van der Waals surface area contributed by atoms with Gasteiger partial charge in [-0.3, -0.25) is 4.79 Å². The van der Waals surface area contributed by atoms with E-state index < -0.39 is 0 Å². The molecule has 142 valence electrons. The molecule has 2 fully saturated rings. The molecule has 5 rings (SSSR count). The van der Waals surface area contributed by atoms with E-state index in [2.05, 4.69) is 27.8 Å². The Balaban J connectivity index is 1.45. The first-order valence-corrected chi connectivity index (χ1v) is 9.70. The molecule has 3 heterocycles. The Hall–Kier alpha value is -3.15. The second kappa shape index (κ2) is 6.48. The maximum atomic E-state index is 12.0. The molecular formula is C22H22N4O2. The van der Waals surface area contributed by atoms with Gasteiger partial charge in [-0.25, -0.2) is 0 Å². The largest absolute Gasteiger partial charge is 0.507 e. The topological polar surface area (TPSA) is 82.1 Å². The van der Waals surface area contributed by atoms with Crippen LogP contribution in [0, 0.1) is 11.8 Å². The molecule has 1 saturated carbocycles. The Morgan fingerprint density at radius 3 is 2.89 bits per heavy atom. The highest BCUT2D eigenvalue weighted by Gasteiger charge is 2.44. The number of likely N-dealkylation sites (tertiary alicyclic amines) is 1. The van der Waals surface area contributed by atoms with Gasteiger partial charge in [0.1, 0.15) is 5.75 Å². The number of carbonyl (C=O) groups excluding carboxylic acids is 1. The van der Waals surface area contributed by atoms with Crippen molar-refractivity contribution < 1.29 is 9.90 Å². The molecule has 1 aromatic carbocycles. The van der Waals surface area contributed by atoms with Gasteiger partial charge in [-0.1, -0.05) is 18.7 Å². The van der Waals surface area contributed by atoms with E-state index in [1.807, 2.05) is 23.1 Å². The lowest BCUT2D eigenvalue weighted by Gasteiger charge is -2.19. The zero-order chi connectivity index (χ0) is 19.3. The zero-order valence-corrected chi connectivity index (χ0v) is 15.5. The minimum Gasteiger partial charge on any atom is -0.507 e.